The number of thioether (sulfide) groups is 1. The first-order valence-electron chi connectivity index (χ1n) is 9.46. The number of rotatable bonds is 7. The van der Waals surface area contributed by atoms with E-state index in [1.165, 1.54) is 18.0 Å². The van der Waals surface area contributed by atoms with E-state index < -0.39 is 10.0 Å². The monoisotopic (exact) mass is 410 g/mol. The Bertz CT molecular complexity index is 829. The van der Waals surface area contributed by atoms with Gasteiger partial charge in [-0.15, -0.1) is 0 Å². The van der Waals surface area contributed by atoms with Crippen molar-refractivity contribution in [3.8, 4) is 0 Å². The van der Waals surface area contributed by atoms with Gasteiger partial charge in [0.05, 0.1) is 10.3 Å². The predicted octanol–water partition coefficient (Wildman–Crippen LogP) is 3.84. The molecule has 0 spiro atoms. The van der Waals surface area contributed by atoms with Gasteiger partial charge in [-0.3, -0.25) is 0 Å². The van der Waals surface area contributed by atoms with Crippen LogP contribution in [0.4, 0.5) is 0 Å². The summed E-state index contributed by atoms with van der Waals surface area (Å²) >= 11 is 1.47. The van der Waals surface area contributed by atoms with Crippen molar-refractivity contribution in [1.82, 2.24) is 19.4 Å². The quantitative estimate of drug-likeness (QED) is 0.641. The van der Waals surface area contributed by atoms with Crippen molar-refractivity contribution in [2.75, 3.05) is 13.1 Å². The highest BCUT2D eigenvalue weighted by molar-refractivity contribution is 7.99. The van der Waals surface area contributed by atoms with Crippen LogP contribution in [0.3, 0.4) is 0 Å². The number of hydrogen-bond acceptors (Lipinski definition) is 7. The second-order valence-electron chi connectivity index (χ2n) is 6.71. The SMILES string of the molecule is CCCc1noc([C@@H](C)Sc2ccc(S(=O)(=O)N3CCCCCC3)cn2)n1. The molecule has 0 aromatic carbocycles. The Morgan fingerprint density at radius 2 is 1.96 bits per heavy atom. The molecule has 1 aliphatic rings. The largest absolute Gasteiger partial charge is 0.338 e. The Balaban J connectivity index is 1.67. The number of pyridine rings is 1. The lowest BCUT2D eigenvalue weighted by Gasteiger charge is -2.19. The van der Waals surface area contributed by atoms with E-state index in [1.54, 1.807) is 16.4 Å². The fourth-order valence-electron chi connectivity index (χ4n) is 3.01. The Hall–Kier alpha value is -1.45. The summed E-state index contributed by atoms with van der Waals surface area (Å²) in [5.41, 5.74) is 0. The zero-order valence-electron chi connectivity index (χ0n) is 15.8. The van der Waals surface area contributed by atoms with Gasteiger partial charge in [-0.1, -0.05) is 36.7 Å². The molecule has 0 N–H and O–H groups in total. The fourth-order valence-corrected chi connectivity index (χ4v) is 5.29. The first-order valence-corrected chi connectivity index (χ1v) is 11.8. The van der Waals surface area contributed by atoms with Crippen molar-refractivity contribution < 1.29 is 12.9 Å². The maximum absolute atomic E-state index is 12.8. The van der Waals surface area contributed by atoms with Crippen LogP contribution in [0.1, 0.15) is 62.9 Å². The maximum atomic E-state index is 12.8. The van der Waals surface area contributed by atoms with Crippen LogP contribution < -0.4 is 0 Å². The molecule has 1 fully saturated rings. The average Bonchev–Trinajstić information content (AvgIpc) is 2.95. The van der Waals surface area contributed by atoms with E-state index in [9.17, 15) is 8.42 Å². The highest BCUT2D eigenvalue weighted by Crippen LogP contribution is 2.33. The first kappa shape index (κ1) is 20.3. The second kappa shape index (κ2) is 9.16. The molecule has 0 unspecified atom stereocenters. The highest BCUT2D eigenvalue weighted by Gasteiger charge is 2.25. The zero-order valence-corrected chi connectivity index (χ0v) is 17.4. The van der Waals surface area contributed by atoms with Crippen molar-refractivity contribution in [3.05, 3.63) is 30.0 Å². The van der Waals surface area contributed by atoms with Gasteiger partial charge < -0.3 is 4.52 Å². The number of aryl methyl sites for hydroxylation is 1. The van der Waals surface area contributed by atoms with Crippen molar-refractivity contribution in [2.45, 2.75) is 67.5 Å². The molecule has 0 aliphatic carbocycles. The second-order valence-corrected chi connectivity index (χ2v) is 10.0. The van der Waals surface area contributed by atoms with E-state index in [0.717, 1.165) is 43.6 Å². The minimum absolute atomic E-state index is 0.0522. The van der Waals surface area contributed by atoms with Gasteiger partial charge in [0.2, 0.25) is 15.9 Å². The molecule has 2 aromatic rings. The molecule has 3 heterocycles. The third kappa shape index (κ3) is 5.08. The summed E-state index contributed by atoms with van der Waals surface area (Å²) in [5, 5.41) is 4.65. The molecule has 27 heavy (non-hydrogen) atoms. The molecule has 0 radical (unpaired) electrons. The van der Waals surface area contributed by atoms with E-state index in [2.05, 4.69) is 22.0 Å². The molecule has 1 atom stereocenters. The van der Waals surface area contributed by atoms with Crippen molar-refractivity contribution in [2.24, 2.45) is 0 Å². The molecular weight excluding hydrogens is 384 g/mol. The van der Waals surface area contributed by atoms with Crippen molar-refractivity contribution in [1.29, 1.82) is 0 Å². The van der Waals surface area contributed by atoms with Crippen molar-refractivity contribution in [3.63, 3.8) is 0 Å². The summed E-state index contributed by atoms with van der Waals surface area (Å²) in [6.07, 6.45) is 7.23. The van der Waals surface area contributed by atoms with E-state index in [1.807, 2.05) is 6.92 Å². The third-order valence-electron chi connectivity index (χ3n) is 4.51. The zero-order chi connectivity index (χ0) is 19.3. The fraction of sp³-hybridized carbons (Fsp3) is 0.611. The minimum Gasteiger partial charge on any atom is -0.338 e. The summed E-state index contributed by atoms with van der Waals surface area (Å²) < 4.78 is 32.5. The number of sulfonamides is 1. The molecule has 0 saturated carbocycles. The Kier molecular flexibility index (Phi) is 6.88. The number of nitrogens with zero attached hydrogens (tertiary/aromatic N) is 4. The van der Waals surface area contributed by atoms with Gasteiger partial charge in [-0.2, -0.15) is 9.29 Å². The van der Waals surface area contributed by atoms with E-state index in [0.29, 0.717) is 24.8 Å². The van der Waals surface area contributed by atoms with Crippen LogP contribution >= 0.6 is 11.8 Å². The summed E-state index contributed by atoms with van der Waals surface area (Å²) in [4.78, 5) is 8.99. The van der Waals surface area contributed by atoms with E-state index >= 15 is 0 Å². The Morgan fingerprint density at radius 1 is 1.22 bits per heavy atom. The standard InChI is InChI=1S/C18H26N4O3S2/c1-3-8-16-20-18(25-21-16)14(2)26-17-10-9-15(13-19-17)27(23,24)22-11-6-4-5-7-12-22/h9-10,13-14H,3-8,11-12H2,1-2H3/t14-/m1/s1. The molecule has 0 amide bonds. The van der Waals surface area contributed by atoms with Gasteiger partial charge >= 0.3 is 0 Å². The molecule has 2 aromatic heterocycles. The lowest BCUT2D eigenvalue weighted by atomic mass is 10.2. The minimum atomic E-state index is -3.47. The normalized spacial score (nSPS) is 17.6. The number of hydrogen-bond donors (Lipinski definition) is 0. The average molecular weight is 411 g/mol. The van der Waals surface area contributed by atoms with Crippen LogP contribution in [0.15, 0.2) is 32.8 Å². The van der Waals surface area contributed by atoms with Gasteiger partial charge in [0, 0.05) is 25.7 Å². The molecule has 1 saturated heterocycles. The maximum Gasteiger partial charge on any atom is 0.244 e. The van der Waals surface area contributed by atoms with Crippen LogP contribution in [-0.2, 0) is 16.4 Å². The van der Waals surface area contributed by atoms with Gasteiger partial charge in [-0.25, -0.2) is 13.4 Å². The van der Waals surface area contributed by atoms with Crippen LogP contribution in [0.25, 0.3) is 0 Å². The van der Waals surface area contributed by atoms with Gasteiger partial charge in [0.15, 0.2) is 5.82 Å². The topological polar surface area (TPSA) is 89.2 Å². The van der Waals surface area contributed by atoms with Gasteiger partial charge in [-0.05, 0) is 38.3 Å². The van der Waals surface area contributed by atoms with Crippen LogP contribution in [-0.4, -0.2) is 40.9 Å². The van der Waals surface area contributed by atoms with Crippen molar-refractivity contribution >= 4 is 21.8 Å². The summed E-state index contributed by atoms with van der Waals surface area (Å²) in [6.45, 7) is 5.22. The van der Waals surface area contributed by atoms with Gasteiger partial charge in [0.1, 0.15) is 4.90 Å². The first-order chi connectivity index (χ1) is 13.0. The lowest BCUT2D eigenvalue weighted by Crippen LogP contribution is -2.32. The molecular formula is C18H26N4O3S2. The molecule has 148 valence electrons. The van der Waals surface area contributed by atoms with Crippen LogP contribution in [0.2, 0.25) is 0 Å². The van der Waals surface area contributed by atoms with E-state index in [-0.39, 0.29) is 10.1 Å². The van der Waals surface area contributed by atoms with E-state index in [4.69, 9.17) is 4.52 Å². The van der Waals surface area contributed by atoms with Crippen LogP contribution in [0, 0.1) is 0 Å². The number of aromatic nitrogens is 3. The molecule has 1 aliphatic heterocycles. The lowest BCUT2D eigenvalue weighted by molar-refractivity contribution is 0.374. The Labute approximate surface area is 165 Å². The third-order valence-corrected chi connectivity index (χ3v) is 7.44. The molecule has 9 heteroatoms. The molecule has 3 rings (SSSR count). The van der Waals surface area contributed by atoms with Gasteiger partial charge in [0.25, 0.3) is 0 Å². The molecule has 7 nitrogen and oxygen atoms in total. The summed E-state index contributed by atoms with van der Waals surface area (Å²) in [5.74, 6) is 1.28. The molecule has 0 bridgehead atoms. The summed E-state index contributed by atoms with van der Waals surface area (Å²) in [7, 11) is -3.47. The smallest absolute Gasteiger partial charge is 0.244 e. The Morgan fingerprint density at radius 3 is 2.59 bits per heavy atom. The summed E-state index contributed by atoms with van der Waals surface area (Å²) in [6, 6.07) is 3.38. The predicted molar refractivity (Wildman–Crippen MR) is 104 cm³/mol. The highest BCUT2D eigenvalue weighted by atomic mass is 32.2. The van der Waals surface area contributed by atoms with Crippen LogP contribution in [0.5, 0.6) is 0 Å².